The quantitative estimate of drug-likeness (QED) is 0.858. The Morgan fingerprint density at radius 1 is 1.47 bits per heavy atom. The third kappa shape index (κ3) is 2.82. The van der Waals surface area contributed by atoms with E-state index in [0.717, 1.165) is 19.3 Å². The van der Waals surface area contributed by atoms with Gasteiger partial charge in [0.2, 0.25) is 11.8 Å². The second kappa shape index (κ2) is 4.83. The van der Waals surface area contributed by atoms with Gasteiger partial charge >= 0.3 is 5.97 Å². The van der Waals surface area contributed by atoms with E-state index in [4.69, 9.17) is 14.3 Å². The Morgan fingerprint density at radius 3 is 2.94 bits per heavy atom. The molecule has 1 N–H and O–H groups in total. The van der Waals surface area contributed by atoms with Crippen LogP contribution in [0.2, 0.25) is 0 Å². The summed E-state index contributed by atoms with van der Waals surface area (Å²) in [5, 5.41) is 16.4. The van der Waals surface area contributed by atoms with Crippen molar-refractivity contribution in [1.29, 1.82) is 0 Å². The van der Waals surface area contributed by atoms with Gasteiger partial charge in [0, 0.05) is 13.0 Å². The van der Waals surface area contributed by atoms with Crippen molar-refractivity contribution < 1.29 is 19.1 Å². The fourth-order valence-electron chi connectivity index (χ4n) is 1.88. The van der Waals surface area contributed by atoms with E-state index in [9.17, 15) is 4.79 Å². The summed E-state index contributed by atoms with van der Waals surface area (Å²) in [6.45, 7) is 2.63. The normalized spacial score (nSPS) is 24.8. The van der Waals surface area contributed by atoms with Gasteiger partial charge in [-0.15, -0.1) is 10.2 Å². The minimum absolute atomic E-state index is 0.000789. The van der Waals surface area contributed by atoms with E-state index in [2.05, 4.69) is 10.2 Å². The largest absolute Gasteiger partial charge is 0.481 e. The molecule has 2 rings (SSSR count). The molecular weight excluding hydrogens is 224 g/mol. The summed E-state index contributed by atoms with van der Waals surface area (Å²) in [6, 6.07) is 0. The molecule has 94 valence electrons. The highest BCUT2D eigenvalue weighted by molar-refractivity contribution is 5.66. The van der Waals surface area contributed by atoms with Gasteiger partial charge in [0.25, 0.3) is 0 Å². The van der Waals surface area contributed by atoms with E-state index < -0.39 is 11.6 Å². The third-order valence-electron chi connectivity index (χ3n) is 2.94. The van der Waals surface area contributed by atoms with Gasteiger partial charge in [-0.2, -0.15) is 0 Å². The van der Waals surface area contributed by atoms with Gasteiger partial charge in [0.1, 0.15) is 5.60 Å². The molecule has 0 amide bonds. The van der Waals surface area contributed by atoms with Gasteiger partial charge in [-0.25, -0.2) is 0 Å². The van der Waals surface area contributed by atoms with Crippen molar-refractivity contribution in [2.45, 2.75) is 44.6 Å². The first-order chi connectivity index (χ1) is 8.10. The molecule has 1 aromatic heterocycles. The maximum absolute atomic E-state index is 10.4. The van der Waals surface area contributed by atoms with Crippen LogP contribution < -0.4 is 0 Å². The number of rotatable bonds is 4. The van der Waals surface area contributed by atoms with Gasteiger partial charge in [0.05, 0.1) is 6.42 Å². The number of ether oxygens (including phenoxy) is 1. The van der Waals surface area contributed by atoms with E-state index in [0.29, 0.717) is 18.4 Å². The smallest absolute Gasteiger partial charge is 0.303 e. The molecule has 2 heterocycles. The summed E-state index contributed by atoms with van der Waals surface area (Å²) in [5.74, 6) is -0.0553. The monoisotopic (exact) mass is 240 g/mol. The van der Waals surface area contributed by atoms with Crippen LogP contribution in [0.15, 0.2) is 4.42 Å². The zero-order valence-electron chi connectivity index (χ0n) is 9.81. The van der Waals surface area contributed by atoms with E-state index in [1.165, 1.54) is 0 Å². The molecule has 17 heavy (non-hydrogen) atoms. The van der Waals surface area contributed by atoms with Crippen LogP contribution in [-0.4, -0.2) is 27.9 Å². The Morgan fingerprint density at radius 2 is 2.29 bits per heavy atom. The second-order valence-corrected chi connectivity index (χ2v) is 4.43. The fraction of sp³-hybridized carbons (Fsp3) is 0.727. The lowest BCUT2D eigenvalue weighted by molar-refractivity contribution is -0.137. The molecule has 0 bridgehead atoms. The molecule has 1 atom stereocenters. The number of aryl methyl sites for hydroxylation is 1. The minimum Gasteiger partial charge on any atom is -0.481 e. The summed E-state index contributed by atoms with van der Waals surface area (Å²) in [4.78, 5) is 10.4. The number of carboxylic acid groups (broad SMARTS) is 1. The minimum atomic E-state index is -0.870. The van der Waals surface area contributed by atoms with Crippen LogP contribution in [0.5, 0.6) is 0 Å². The van der Waals surface area contributed by atoms with Crippen LogP contribution in [0.1, 0.15) is 44.4 Å². The number of aromatic nitrogens is 2. The highest BCUT2D eigenvalue weighted by atomic mass is 16.5. The number of nitrogens with zero attached hydrogens (tertiary/aromatic N) is 2. The SMILES string of the molecule is CC1(c2nnc(CCC(=O)O)o2)CCCCO1. The van der Waals surface area contributed by atoms with Gasteiger partial charge in [0.15, 0.2) is 0 Å². The summed E-state index contributed by atoms with van der Waals surface area (Å²) in [6.07, 6.45) is 3.24. The van der Waals surface area contributed by atoms with Crippen molar-refractivity contribution in [1.82, 2.24) is 10.2 Å². The molecule has 6 heteroatoms. The first kappa shape index (κ1) is 12.0. The van der Waals surface area contributed by atoms with Gasteiger partial charge in [-0.05, 0) is 26.2 Å². The maximum atomic E-state index is 10.4. The molecule has 0 aliphatic carbocycles. The highest BCUT2D eigenvalue weighted by Crippen LogP contribution is 2.33. The van der Waals surface area contributed by atoms with E-state index >= 15 is 0 Å². The number of carboxylic acids is 1. The lowest BCUT2D eigenvalue weighted by Crippen LogP contribution is -2.30. The van der Waals surface area contributed by atoms with Crippen LogP contribution in [-0.2, 0) is 21.6 Å². The van der Waals surface area contributed by atoms with Crippen molar-refractivity contribution in [2.75, 3.05) is 6.61 Å². The van der Waals surface area contributed by atoms with Crippen LogP contribution in [0.3, 0.4) is 0 Å². The standard InChI is InChI=1S/C11H16N2O4/c1-11(6-2-3-7-16-11)10-13-12-8(17-10)4-5-9(14)15/h2-7H2,1H3,(H,14,15). The summed E-state index contributed by atoms with van der Waals surface area (Å²) in [7, 11) is 0. The summed E-state index contributed by atoms with van der Waals surface area (Å²) >= 11 is 0. The first-order valence-electron chi connectivity index (χ1n) is 5.79. The van der Waals surface area contributed by atoms with Crippen LogP contribution in [0.4, 0.5) is 0 Å². The van der Waals surface area contributed by atoms with Crippen molar-refractivity contribution in [3.05, 3.63) is 11.8 Å². The molecule has 1 unspecified atom stereocenters. The summed E-state index contributed by atoms with van der Waals surface area (Å²) < 4.78 is 11.1. The number of hydrogen-bond acceptors (Lipinski definition) is 5. The average molecular weight is 240 g/mol. The van der Waals surface area contributed by atoms with E-state index in [-0.39, 0.29) is 12.8 Å². The van der Waals surface area contributed by atoms with Crippen molar-refractivity contribution in [2.24, 2.45) is 0 Å². The number of aliphatic carboxylic acids is 1. The van der Waals surface area contributed by atoms with Crippen LogP contribution in [0.25, 0.3) is 0 Å². The fourth-order valence-corrected chi connectivity index (χ4v) is 1.88. The maximum Gasteiger partial charge on any atom is 0.303 e. The molecule has 0 spiro atoms. The molecule has 0 radical (unpaired) electrons. The molecule has 0 aromatic carbocycles. The molecule has 1 aromatic rings. The number of carbonyl (C=O) groups is 1. The Hall–Kier alpha value is -1.43. The Labute approximate surface area is 99.0 Å². The lowest BCUT2D eigenvalue weighted by Gasteiger charge is -2.30. The molecule has 1 aliphatic heterocycles. The average Bonchev–Trinajstić information content (AvgIpc) is 2.76. The van der Waals surface area contributed by atoms with Crippen molar-refractivity contribution in [3.63, 3.8) is 0 Å². The third-order valence-corrected chi connectivity index (χ3v) is 2.94. The second-order valence-electron chi connectivity index (χ2n) is 4.43. The van der Waals surface area contributed by atoms with Crippen molar-refractivity contribution in [3.8, 4) is 0 Å². The zero-order chi connectivity index (χ0) is 12.3. The van der Waals surface area contributed by atoms with Gasteiger partial charge < -0.3 is 14.3 Å². The summed E-state index contributed by atoms with van der Waals surface area (Å²) in [5.41, 5.74) is -0.507. The molecule has 1 saturated heterocycles. The van der Waals surface area contributed by atoms with E-state index in [1.807, 2.05) is 6.92 Å². The van der Waals surface area contributed by atoms with Crippen LogP contribution >= 0.6 is 0 Å². The number of hydrogen-bond donors (Lipinski definition) is 1. The molecule has 6 nitrogen and oxygen atoms in total. The highest BCUT2D eigenvalue weighted by Gasteiger charge is 2.35. The topological polar surface area (TPSA) is 85.5 Å². The Bertz CT molecular complexity index is 396. The van der Waals surface area contributed by atoms with Crippen LogP contribution in [0, 0.1) is 0 Å². The molecule has 1 fully saturated rings. The predicted octanol–water partition coefficient (Wildman–Crippen LogP) is 1.50. The van der Waals surface area contributed by atoms with Crippen molar-refractivity contribution >= 4 is 5.97 Å². The molecular formula is C11H16N2O4. The zero-order valence-corrected chi connectivity index (χ0v) is 9.81. The Balaban J connectivity index is 2.03. The van der Waals surface area contributed by atoms with E-state index in [1.54, 1.807) is 0 Å². The van der Waals surface area contributed by atoms with Gasteiger partial charge in [-0.1, -0.05) is 0 Å². The van der Waals surface area contributed by atoms with Gasteiger partial charge in [-0.3, -0.25) is 4.79 Å². The first-order valence-corrected chi connectivity index (χ1v) is 5.79. The molecule has 0 saturated carbocycles. The Kier molecular flexibility index (Phi) is 3.42. The predicted molar refractivity (Wildman–Crippen MR) is 57.4 cm³/mol. The molecule has 1 aliphatic rings. The lowest BCUT2D eigenvalue weighted by atomic mass is 9.96.